The molecular weight excluding hydrogens is 232 g/mol. The number of carbonyl (C=O) groups is 1. The van der Waals surface area contributed by atoms with Crippen LogP contribution >= 0.6 is 0 Å². The van der Waals surface area contributed by atoms with E-state index in [2.05, 4.69) is 0 Å². The van der Waals surface area contributed by atoms with Crippen molar-refractivity contribution < 1.29 is 32.6 Å². The number of rotatable bonds is 3. The zero-order valence-corrected chi connectivity index (χ0v) is 8.30. The summed E-state index contributed by atoms with van der Waals surface area (Å²) < 4.78 is 51.0. The highest BCUT2D eigenvalue weighted by Crippen LogP contribution is 2.50. The minimum absolute atomic E-state index is 0.200. The highest BCUT2D eigenvalue weighted by Gasteiger charge is 2.65. The Morgan fingerprint density at radius 1 is 1.31 bits per heavy atom. The van der Waals surface area contributed by atoms with Crippen LogP contribution in [0.4, 0.5) is 17.6 Å². The average molecular weight is 244 g/mol. The highest BCUT2D eigenvalue weighted by atomic mass is 19.3. The molecule has 0 heterocycles. The quantitative estimate of drug-likeness (QED) is 0.745. The fraction of sp³-hybridized carbons (Fsp3) is 0.889. The van der Waals surface area contributed by atoms with E-state index in [0.29, 0.717) is 0 Å². The van der Waals surface area contributed by atoms with Gasteiger partial charge in [0.05, 0.1) is 6.10 Å². The highest BCUT2D eigenvalue weighted by molar-refractivity contribution is 5.76. The number of alkyl halides is 4. The minimum Gasteiger partial charge on any atom is -0.481 e. The molecule has 0 atom stereocenters. The van der Waals surface area contributed by atoms with Gasteiger partial charge in [-0.05, 0) is 25.7 Å². The lowest BCUT2D eigenvalue weighted by Gasteiger charge is -2.40. The van der Waals surface area contributed by atoms with Crippen molar-refractivity contribution in [3.05, 3.63) is 0 Å². The van der Waals surface area contributed by atoms with Gasteiger partial charge in [-0.2, -0.15) is 8.78 Å². The molecule has 2 N–H and O–H groups in total. The molecule has 16 heavy (non-hydrogen) atoms. The van der Waals surface area contributed by atoms with E-state index >= 15 is 0 Å². The first kappa shape index (κ1) is 13.2. The molecule has 0 radical (unpaired) electrons. The van der Waals surface area contributed by atoms with E-state index in [1.165, 1.54) is 0 Å². The number of hydrogen-bond donors (Lipinski definition) is 2. The van der Waals surface area contributed by atoms with Gasteiger partial charge >= 0.3 is 18.3 Å². The zero-order chi connectivity index (χ0) is 12.6. The maximum Gasteiger partial charge on any atom is 0.323 e. The summed E-state index contributed by atoms with van der Waals surface area (Å²) in [5.41, 5.74) is -2.75. The fourth-order valence-electron chi connectivity index (χ4n) is 1.99. The van der Waals surface area contributed by atoms with Crippen LogP contribution in [-0.4, -0.2) is 34.6 Å². The molecule has 0 amide bonds. The Kier molecular flexibility index (Phi) is 3.47. The Bertz CT molecular complexity index is 272. The van der Waals surface area contributed by atoms with Gasteiger partial charge in [0.1, 0.15) is 5.41 Å². The Morgan fingerprint density at radius 3 is 2.06 bits per heavy atom. The third-order valence-electron chi connectivity index (χ3n) is 3.13. The summed E-state index contributed by atoms with van der Waals surface area (Å²) in [4.78, 5) is 10.8. The van der Waals surface area contributed by atoms with Crippen LogP contribution in [0.15, 0.2) is 0 Å². The normalized spacial score (nSPS) is 31.8. The van der Waals surface area contributed by atoms with E-state index in [1.807, 2.05) is 0 Å². The molecule has 0 saturated heterocycles. The van der Waals surface area contributed by atoms with Crippen LogP contribution in [0.1, 0.15) is 25.7 Å². The van der Waals surface area contributed by atoms with E-state index in [4.69, 9.17) is 10.2 Å². The molecule has 1 saturated carbocycles. The topological polar surface area (TPSA) is 57.5 Å². The maximum absolute atomic E-state index is 13.3. The van der Waals surface area contributed by atoms with Gasteiger partial charge < -0.3 is 10.2 Å². The first-order valence-electron chi connectivity index (χ1n) is 4.81. The van der Waals surface area contributed by atoms with Gasteiger partial charge in [0.25, 0.3) is 0 Å². The molecule has 0 aliphatic heterocycles. The SMILES string of the molecule is O=C(O)C1(C(F)(F)C(F)F)CCC(O)CC1. The Hall–Kier alpha value is -0.850. The van der Waals surface area contributed by atoms with Crippen molar-refractivity contribution in [3.8, 4) is 0 Å². The van der Waals surface area contributed by atoms with Gasteiger partial charge in [-0.25, -0.2) is 8.78 Å². The summed E-state index contributed by atoms with van der Waals surface area (Å²) in [6, 6.07) is 0. The summed E-state index contributed by atoms with van der Waals surface area (Å²) >= 11 is 0. The van der Waals surface area contributed by atoms with E-state index in [9.17, 15) is 22.4 Å². The van der Waals surface area contributed by atoms with E-state index in [0.717, 1.165) is 0 Å². The van der Waals surface area contributed by atoms with E-state index < -0.39 is 42.7 Å². The average Bonchev–Trinajstić information content (AvgIpc) is 2.18. The molecule has 1 aliphatic carbocycles. The Balaban J connectivity index is 3.03. The molecule has 1 fully saturated rings. The van der Waals surface area contributed by atoms with Crippen molar-refractivity contribution in [2.75, 3.05) is 0 Å². The molecule has 94 valence electrons. The van der Waals surface area contributed by atoms with Crippen molar-refractivity contribution in [2.45, 2.75) is 44.1 Å². The number of aliphatic carboxylic acids is 1. The molecule has 0 unspecified atom stereocenters. The largest absolute Gasteiger partial charge is 0.481 e. The van der Waals surface area contributed by atoms with Gasteiger partial charge in [-0.1, -0.05) is 0 Å². The number of hydrogen-bond acceptors (Lipinski definition) is 2. The van der Waals surface area contributed by atoms with Crippen molar-refractivity contribution in [1.29, 1.82) is 0 Å². The second-order valence-corrected chi connectivity index (χ2v) is 4.04. The van der Waals surface area contributed by atoms with Gasteiger partial charge in [0, 0.05) is 0 Å². The Morgan fingerprint density at radius 2 is 1.75 bits per heavy atom. The second-order valence-electron chi connectivity index (χ2n) is 4.04. The summed E-state index contributed by atoms with van der Waals surface area (Å²) in [6.07, 6.45) is -6.58. The molecule has 7 heteroatoms. The van der Waals surface area contributed by atoms with Crippen LogP contribution in [0, 0.1) is 5.41 Å². The fourth-order valence-corrected chi connectivity index (χ4v) is 1.99. The molecule has 1 rings (SSSR count). The van der Waals surface area contributed by atoms with Crippen LogP contribution < -0.4 is 0 Å². The standard InChI is InChI=1S/C9H12F4O3/c10-6(11)9(12,13)8(7(15)16)3-1-5(14)2-4-8/h5-6,14H,1-4H2,(H,15,16). The molecular formula is C9H12F4O3. The first-order valence-corrected chi connectivity index (χ1v) is 4.81. The molecule has 0 aromatic rings. The summed E-state index contributed by atoms with van der Waals surface area (Å²) in [7, 11) is 0. The number of aliphatic hydroxyl groups is 1. The second kappa shape index (κ2) is 4.20. The van der Waals surface area contributed by atoms with Gasteiger partial charge in [0.15, 0.2) is 0 Å². The molecule has 0 aromatic heterocycles. The molecule has 0 aromatic carbocycles. The van der Waals surface area contributed by atoms with Crippen LogP contribution in [-0.2, 0) is 4.79 Å². The van der Waals surface area contributed by atoms with E-state index in [-0.39, 0.29) is 12.8 Å². The van der Waals surface area contributed by atoms with E-state index in [1.54, 1.807) is 0 Å². The van der Waals surface area contributed by atoms with Gasteiger partial charge in [0.2, 0.25) is 0 Å². The first-order chi connectivity index (χ1) is 7.24. The third-order valence-corrected chi connectivity index (χ3v) is 3.13. The summed E-state index contributed by atoms with van der Waals surface area (Å²) in [6.45, 7) is 0. The Labute approximate surface area is 89.1 Å². The molecule has 1 aliphatic rings. The maximum atomic E-state index is 13.3. The van der Waals surface area contributed by atoms with Crippen LogP contribution in [0.2, 0.25) is 0 Å². The molecule has 0 spiro atoms. The van der Waals surface area contributed by atoms with Gasteiger partial charge in [-0.3, -0.25) is 4.79 Å². The number of carboxylic acid groups (broad SMARTS) is 1. The summed E-state index contributed by atoms with van der Waals surface area (Å²) in [5, 5.41) is 17.9. The lowest BCUT2D eigenvalue weighted by Crippen LogP contribution is -2.54. The molecule has 0 bridgehead atoms. The van der Waals surface area contributed by atoms with Crippen molar-refractivity contribution >= 4 is 5.97 Å². The number of carboxylic acids is 1. The lowest BCUT2D eigenvalue weighted by atomic mass is 9.69. The predicted molar refractivity (Wildman–Crippen MR) is 45.5 cm³/mol. The minimum atomic E-state index is -4.57. The lowest BCUT2D eigenvalue weighted by molar-refractivity contribution is -0.230. The third kappa shape index (κ3) is 1.88. The van der Waals surface area contributed by atoms with Crippen molar-refractivity contribution in [1.82, 2.24) is 0 Å². The van der Waals surface area contributed by atoms with Gasteiger partial charge in [-0.15, -0.1) is 0 Å². The predicted octanol–water partition coefficient (Wildman–Crippen LogP) is 1.89. The monoisotopic (exact) mass is 244 g/mol. The van der Waals surface area contributed by atoms with Crippen molar-refractivity contribution in [2.24, 2.45) is 5.41 Å². The summed E-state index contributed by atoms with van der Waals surface area (Å²) in [5.74, 6) is -6.50. The van der Waals surface area contributed by atoms with Crippen LogP contribution in [0.5, 0.6) is 0 Å². The van der Waals surface area contributed by atoms with Crippen LogP contribution in [0.25, 0.3) is 0 Å². The molecule has 3 nitrogen and oxygen atoms in total. The number of aliphatic hydroxyl groups excluding tert-OH is 1. The van der Waals surface area contributed by atoms with Crippen molar-refractivity contribution in [3.63, 3.8) is 0 Å². The smallest absolute Gasteiger partial charge is 0.323 e. The van der Waals surface area contributed by atoms with Crippen LogP contribution in [0.3, 0.4) is 0 Å². The number of halogens is 4. The zero-order valence-electron chi connectivity index (χ0n) is 8.30.